The number of allylic oxidation sites excluding steroid dienone is 14. The van der Waals surface area contributed by atoms with E-state index in [0.29, 0.717) is 13.0 Å². The highest BCUT2D eigenvalue weighted by Crippen LogP contribution is 2.22. The monoisotopic (exact) mass is 885 g/mol. The number of unbranched alkanes of at least 4 members (excludes halogenated alkanes) is 17. The highest BCUT2D eigenvalue weighted by Gasteiger charge is 2.44. The minimum absolute atomic E-state index is 0.127. The summed E-state index contributed by atoms with van der Waals surface area (Å²) >= 11 is 0. The molecular formula is C54H92O9. The zero-order chi connectivity index (χ0) is 45.7. The van der Waals surface area contributed by atoms with Gasteiger partial charge in [0.15, 0.2) is 6.29 Å². The summed E-state index contributed by atoms with van der Waals surface area (Å²) in [5, 5.41) is 40.2. The number of aliphatic hydroxyl groups excluding tert-OH is 4. The number of esters is 1. The molecule has 6 unspecified atom stereocenters. The molecule has 0 bridgehead atoms. The van der Waals surface area contributed by atoms with Gasteiger partial charge < -0.3 is 39.4 Å². The first-order valence-electron chi connectivity index (χ1n) is 25.2. The summed E-state index contributed by atoms with van der Waals surface area (Å²) in [6.07, 6.45) is 53.2. The van der Waals surface area contributed by atoms with Crippen LogP contribution in [-0.2, 0) is 23.7 Å². The second-order valence-electron chi connectivity index (χ2n) is 16.9. The van der Waals surface area contributed by atoms with Crippen molar-refractivity contribution in [2.75, 3.05) is 26.4 Å². The molecular weight excluding hydrogens is 793 g/mol. The van der Waals surface area contributed by atoms with Crippen molar-refractivity contribution in [2.24, 2.45) is 0 Å². The van der Waals surface area contributed by atoms with Crippen molar-refractivity contribution in [3.63, 3.8) is 0 Å². The maximum absolute atomic E-state index is 12.8. The number of carbonyl (C=O) groups is 1. The van der Waals surface area contributed by atoms with Crippen LogP contribution in [0.3, 0.4) is 0 Å². The Kier molecular flexibility index (Phi) is 41.3. The minimum atomic E-state index is -1.55. The molecule has 0 aliphatic carbocycles. The van der Waals surface area contributed by atoms with E-state index in [0.717, 1.165) is 96.3 Å². The Morgan fingerprint density at radius 2 is 0.968 bits per heavy atom. The topological polar surface area (TPSA) is 135 Å². The molecule has 1 heterocycles. The quantitative estimate of drug-likeness (QED) is 0.0268. The predicted octanol–water partition coefficient (Wildman–Crippen LogP) is 12.2. The van der Waals surface area contributed by atoms with Gasteiger partial charge in [0.2, 0.25) is 0 Å². The third-order valence-corrected chi connectivity index (χ3v) is 11.0. The molecule has 1 aliphatic rings. The van der Waals surface area contributed by atoms with E-state index in [1.807, 2.05) is 0 Å². The van der Waals surface area contributed by atoms with Crippen LogP contribution in [0.25, 0.3) is 0 Å². The van der Waals surface area contributed by atoms with Crippen LogP contribution >= 0.6 is 0 Å². The lowest BCUT2D eigenvalue weighted by Crippen LogP contribution is -2.59. The molecule has 0 amide bonds. The molecule has 6 atom stereocenters. The first kappa shape index (κ1) is 58.4. The van der Waals surface area contributed by atoms with Crippen molar-refractivity contribution in [1.29, 1.82) is 0 Å². The van der Waals surface area contributed by atoms with E-state index < -0.39 is 43.4 Å². The van der Waals surface area contributed by atoms with Crippen molar-refractivity contribution >= 4 is 5.97 Å². The van der Waals surface area contributed by atoms with Gasteiger partial charge in [-0.1, -0.05) is 176 Å². The van der Waals surface area contributed by atoms with E-state index in [2.05, 4.69) is 98.9 Å². The van der Waals surface area contributed by atoms with E-state index in [4.69, 9.17) is 18.9 Å². The molecule has 0 aromatic rings. The molecule has 4 N–H and O–H groups in total. The molecule has 1 rings (SSSR count). The van der Waals surface area contributed by atoms with Crippen molar-refractivity contribution < 1.29 is 44.2 Å². The fourth-order valence-corrected chi connectivity index (χ4v) is 7.14. The summed E-state index contributed by atoms with van der Waals surface area (Å²) < 4.78 is 22.9. The Hall–Kier alpha value is -2.63. The van der Waals surface area contributed by atoms with Crippen molar-refractivity contribution in [3.05, 3.63) is 85.1 Å². The normalized spacial score (nSPS) is 20.4. The van der Waals surface area contributed by atoms with Crippen LogP contribution in [0.1, 0.15) is 187 Å². The highest BCUT2D eigenvalue weighted by molar-refractivity contribution is 5.69. The number of rotatable bonds is 42. The van der Waals surface area contributed by atoms with E-state index in [1.165, 1.54) is 70.6 Å². The molecule has 9 nitrogen and oxygen atoms in total. The van der Waals surface area contributed by atoms with Gasteiger partial charge in [0.05, 0.1) is 19.8 Å². The molecule has 0 aromatic heterocycles. The number of ether oxygens (including phenoxy) is 4. The summed E-state index contributed by atoms with van der Waals surface area (Å²) in [5.74, 6) is -0.331. The van der Waals surface area contributed by atoms with Gasteiger partial charge in [-0.05, 0) is 89.9 Å². The number of aliphatic hydroxyl groups is 4. The van der Waals surface area contributed by atoms with Crippen LogP contribution in [0.15, 0.2) is 85.1 Å². The summed E-state index contributed by atoms with van der Waals surface area (Å²) in [5.41, 5.74) is 0. The molecule has 1 aliphatic heterocycles. The van der Waals surface area contributed by atoms with Crippen molar-refractivity contribution in [2.45, 2.75) is 224 Å². The standard InChI is InChI=1S/C54H92O9/c1-3-5-7-9-11-13-15-17-19-21-22-23-24-25-26-27-29-31-33-35-37-39-41-43-50(56)62-48(47-61-54-53(59)52(58)51(57)49(45-55)63-54)46-60-44-42-40-38-36-34-32-30-28-20-18-16-14-12-10-8-6-4-2/h5,7,11,13-14,16-17,19-20,22-23,25-26,28,48-49,51-55,57-59H,3-4,6,8-10,12,15,18,21,24,27,29-47H2,1-2H3/b7-5-,13-11-,16-14-,19-17-,23-22-,26-25-,28-20-. The van der Waals surface area contributed by atoms with Gasteiger partial charge in [-0.2, -0.15) is 0 Å². The molecule has 1 saturated heterocycles. The van der Waals surface area contributed by atoms with Crippen molar-refractivity contribution in [3.8, 4) is 0 Å². The lowest BCUT2D eigenvalue weighted by atomic mass is 9.99. The molecule has 1 fully saturated rings. The first-order valence-corrected chi connectivity index (χ1v) is 25.2. The molecule has 63 heavy (non-hydrogen) atoms. The molecule has 0 spiro atoms. The minimum Gasteiger partial charge on any atom is -0.457 e. The van der Waals surface area contributed by atoms with Crippen LogP contribution < -0.4 is 0 Å². The zero-order valence-electron chi connectivity index (χ0n) is 39.8. The summed E-state index contributed by atoms with van der Waals surface area (Å²) in [6, 6.07) is 0. The van der Waals surface area contributed by atoms with Gasteiger partial charge in [-0.25, -0.2) is 0 Å². The Bertz CT molecular complexity index is 1240. The van der Waals surface area contributed by atoms with Gasteiger partial charge >= 0.3 is 5.97 Å². The van der Waals surface area contributed by atoms with Crippen LogP contribution in [0, 0.1) is 0 Å². The number of hydrogen-bond acceptors (Lipinski definition) is 9. The van der Waals surface area contributed by atoms with Crippen LogP contribution in [0.2, 0.25) is 0 Å². The zero-order valence-corrected chi connectivity index (χ0v) is 39.8. The Labute approximate surface area is 384 Å². The Morgan fingerprint density at radius 3 is 1.46 bits per heavy atom. The van der Waals surface area contributed by atoms with E-state index in [1.54, 1.807) is 0 Å². The molecule has 0 aromatic carbocycles. The largest absolute Gasteiger partial charge is 0.457 e. The van der Waals surface area contributed by atoms with Crippen molar-refractivity contribution in [1.82, 2.24) is 0 Å². The average molecular weight is 885 g/mol. The van der Waals surface area contributed by atoms with Crippen LogP contribution in [0.4, 0.5) is 0 Å². The van der Waals surface area contributed by atoms with Crippen LogP contribution in [-0.4, -0.2) is 89.6 Å². The third-order valence-electron chi connectivity index (χ3n) is 11.0. The molecule has 362 valence electrons. The summed E-state index contributed by atoms with van der Waals surface area (Å²) in [6.45, 7) is 4.38. The SMILES string of the molecule is CC/C=C\C/C=C\C/C=C\C/C=C\C/C=C\CCCCCCCCCC(=O)OC(COCCCCCCCC/C=C\C/C=C\CCCCCC)COC1OC(CO)C(O)C(O)C1O. The van der Waals surface area contributed by atoms with E-state index in [9.17, 15) is 25.2 Å². The van der Waals surface area contributed by atoms with Gasteiger partial charge in [0.25, 0.3) is 0 Å². The molecule has 0 saturated carbocycles. The second-order valence-corrected chi connectivity index (χ2v) is 16.9. The van der Waals surface area contributed by atoms with Gasteiger partial charge in [-0.3, -0.25) is 4.79 Å². The van der Waals surface area contributed by atoms with Crippen LogP contribution in [0.5, 0.6) is 0 Å². The molecule has 0 radical (unpaired) electrons. The third kappa shape index (κ3) is 35.3. The average Bonchev–Trinajstić information content (AvgIpc) is 3.28. The predicted molar refractivity (Wildman–Crippen MR) is 260 cm³/mol. The summed E-state index contributed by atoms with van der Waals surface area (Å²) in [4.78, 5) is 12.8. The van der Waals surface area contributed by atoms with Gasteiger partial charge in [-0.15, -0.1) is 0 Å². The maximum atomic E-state index is 12.8. The Balaban J connectivity index is 2.24. The second kappa shape index (κ2) is 44.6. The lowest BCUT2D eigenvalue weighted by Gasteiger charge is -2.39. The van der Waals surface area contributed by atoms with Gasteiger partial charge in [0, 0.05) is 13.0 Å². The fraction of sp³-hybridized carbons (Fsp3) is 0.722. The highest BCUT2D eigenvalue weighted by atomic mass is 16.7. The molecule has 9 heteroatoms. The smallest absolute Gasteiger partial charge is 0.306 e. The van der Waals surface area contributed by atoms with Gasteiger partial charge in [0.1, 0.15) is 30.5 Å². The summed E-state index contributed by atoms with van der Waals surface area (Å²) in [7, 11) is 0. The van der Waals surface area contributed by atoms with E-state index in [-0.39, 0.29) is 19.2 Å². The number of hydrogen-bond donors (Lipinski definition) is 4. The fourth-order valence-electron chi connectivity index (χ4n) is 7.14. The first-order chi connectivity index (χ1) is 30.9. The number of carbonyl (C=O) groups excluding carboxylic acids is 1. The lowest BCUT2D eigenvalue weighted by molar-refractivity contribution is -0.305. The Morgan fingerprint density at radius 1 is 0.524 bits per heavy atom. The maximum Gasteiger partial charge on any atom is 0.306 e. The van der Waals surface area contributed by atoms with E-state index >= 15 is 0 Å².